The molecule has 2 heterocycles. The fourth-order valence-electron chi connectivity index (χ4n) is 2.61. The van der Waals surface area contributed by atoms with Crippen LogP contribution in [0.1, 0.15) is 28.9 Å². The van der Waals surface area contributed by atoms with E-state index in [-0.39, 0.29) is 17.6 Å². The summed E-state index contributed by atoms with van der Waals surface area (Å²) in [5.41, 5.74) is 8.06. The standard InChI is InChI=1S/C14H14N2O3/c1-2-19-14(18)9-3-4-10-11(15)7-16-12(17)6-5-8(9)13(10)16/h3-6,11H,2,7,15H2,1H3/t11-/m0/s1. The van der Waals surface area contributed by atoms with Gasteiger partial charge >= 0.3 is 5.97 Å². The van der Waals surface area contributed by atoms with Crippen molar-refractivity contribution in [2.24, 2.45) is 5.73 Å². The van der Waals surface area contributed by atoms with Gasteiger partial charge in [-0.25, -0.2) is 4.79 Å². The number of nitrogens with zero attached hydrogens (tertiary/aromatic N) is 1. The fourth-order valence-corrected chi connectivity index (χ4v) is 2.61. The van der Waals surface area contributed by atoms with Crippen molar-refractivity contribution < 1.29 is 9.53 Å². The molecular weight excluding hydrogens is 244 g/mol. The van der Waals surface area contributed by atoms with Crippen molar-refractivity contribution in [1.82, 2.24) is 4.57 Å². The molecule has 5 heteroatoms. The number of ether oxygens (including phenoxy) is 1. The van der Waals surface area contributed by atoms with Crippen LogP contribution in [0.4, 0.5) is 0 Å². The highest BCUT2D eigenvalue weighted by molar-refractivity contribution is 6.04. The summed E-state index contributed by atoms with van der Waals surface area (Å²) in [4.78, 5) is 23.8. The van der Waals surface area contributed by atoms with E-state index in [1.807, 2.05) is 6.07 Å². The zero-order valence-corrected chi connectivity index (χ0v) is 10.6. The molecule has 98 valence electrons. The van der Waals surface area contributed by atoms with Gasteiger partial charge in [-0.2, -0.15) is 0 Å². The third kappa shape index (κ3) is 1.66. The summed E-state index contributed by atoms with van der Waals surface area (Å²) < 4.78 is 6.66. The van der Waals surface area contributed by atoms with Gasteiger partial charge in [0.1, 0.15) is 0 Å². The maximum atomic E-state index is 11.9. The molecule has 0 spiro atoms. The third-order valence-corrected chi connectivity index (χ3v) is 3.45. The highest BCUT2D eigenvalue weighted by atomic mass is 16.5. The van der Waals surface area contributed by atoms with Gasteiger partial charge in [-0.1, -0.05) is 6.07 Å². The molecule has 0 unspecified atom stereocenters. The molecule has 0 radical (unpaired) electrons. The van der Waals surface area contributed by atoms with Gasteiger partial charge < -0.3 is 15.0 Å². The fraction of sp³-hybridized carbons (Fsp3) is 0.286. The van der Waals surface area contributed by atoms with E-state index in [2.05, 4.69) is 0 Å². The van der Waals surface area contributed by atoms with Crippen LogP contribution in [0.25, 0.3) is 10.9 Å². The quantitative estimate of drug-likeness (QED) is 0.821. The monoisotopic (exact) mass is 258 g/mol. The summed E-state index contributed by atoms with van der Waals surface area (Å²) in [6.45, 7) is 2.54. The molecule has 1 aromatic carbocycles. The van der Waals surface area contributed by atoms with Crippen LogP contribution in [0.2, 0.25) is 0 Å². The molecule has 3 rings (SSSR count). The minimum Gasteiger partial charge on any atom is -0.462 e. The van der Waals surface area contributed by atoms with Crippen molar-refractivity contribution in [3.63, 3.8) is 0 Å². The number of nitrogens with two attached hydrogens (primary N) is 1. The van der Waals surface area contributed by atoms with Crippen molar-refractivity contribution in [1.29, 1.82) is 0 Å². The summed E-state index contributed by atoms with van der Waals surface area (Å²) in [6.07, 6.45) is 0. The Morgan fingerprint density at radius 1 is 1.42 bits per heavy atom. The third-order valence-electron chi connectivity index (χ3n) is 3.45. The van der Waals surface area contributed by atoms with Crippen LogP contribution in [-0.4, -0.2) is 17.1 Å². The van der Waals surface area contributed by atoms with Crippen LogP contribution in [0.5, 0.6) is 0 Å². The zero-order valence-electron chi connectivity index (χ0n) is 10.6. The number of pyridine rings is 1. The van der Waals surface area contributed by atoms with Crippen molar-refractivity contribution in [3.8, 4) is 0 Å². The molecule has 1 atom stereocenters. The average molecular weight is 258 g/mol. The maximum Gasteiger partial charge on any atom is 0.338 e. The summed E-state index contributed by atoms with van der Waals surface area (Å²) in [5, 5.41) is 0.725. The van der Waals surface area contributed by atoms with Crippen molar-refractivity contribution in [2.45, 2.75) is 19.5 Å². The number of esters is 1. The Labute approximate surface area is 109 Å². The number of carbonyl (C=O) groups excluding carboxylic acids is 1. The van der Waals surface area contributed by atoms with Crippen LogP contribution < -0.4 is 11.3 Å². The molecule has 0 aliphatic carbocycles. The van der Waals surface area contributed by atoms with Crippen LogP contribution in [-0.2, 0) is 11.3 Å². The van der Waals surface area contributed by atoms with Crippen LogP contribution in [0.15, 0.2) is 29.1 Å². The van der Waals surface area contributed by atoms with E-state index in [4.69, 9.17) is 10.5 Å². The lowest BCUT2D eigenvalue weighted by Gasteiger charge is -2.08. The first-order valence-electron chi connectivity index (χ1n) is 6.22. The molecule has 19 heavy (non-hydrogen) atoms. The molecule has 0 fully saturated rings. The zero-order chi connectivity index (χ0) is 13.6. The number of rotatable bonds is 2. The molecule has 1 aromatic heterocycles. The first-order chi connectivity index (χ1) is 9.13. The first kappa shape index (κ1) is 11.9. The van der Waals surface area contributed by atoms with E-state index in [9.17, 15) is 9.59 Å². The van der Waals surface area contributed by atoms with Gasteiger partial charge in [-0.3, -0.25) is 4.79 Å². The van der Waals surface area contributed by atoms with Gasteiger partial charge in [-0.15, -0.1) is 0 Å². The molecule has 0 saturated carbocycles. The molecule has 1 aliphatic rings. The largest absolute Gasteiger partial charge is 0.462 e. The second-order valence-electron chi connectivity index (χ2n) is 4.57. The Kier molecular flexibility index (Phi) is 2.64. The number of hydrogen-bond donors (Lipinski definition) is 1. The Morgan fingerprint density at radius 2 is 2.21 bits per heavy atom. The summed E-state index contributed by atoms with van der Waals surface area (Å²) >= 11 is 0. The number of benzene rings is 1. The van der Waals surface area contributed by atoms with Gasteiger partial charge in [0.15, 0.2) is 0 Å². The SMILES string of the molecule is CCOC(=O)c1ccc2c3c1ccc(=O)n3C[C@@H]2N. The summed E-state index contributed by atoms with van der Waals surface area (Å²) in [7, 11) is 0. The highest BCUT2D eigenvalue weighted by Crippen LogP contribution is 2.31. The molecule has 5 nitrogen and oxygen atoms in total. The van der Waals surface area contributed by atoms with Crippen LogP contribution in [0.3, 0.4) is 0 Å². The van der Waals surface area contributed by atoms with E-state index in [0.29, 0.717) is 18.7 Å². The molecule has 0 saturated heterocycles. The van der Waals surface area contributed by atoms with Gasteiger partial charge in [0.05, 0.1) is 17.7 Å². The normalized spacial score (nSPS) is 16.8. The van der Waals surface area contributed by atoms with E-state index < -0.39 is 0 Å². The lowest BCUT2D eigenvalue weighted by molar-refractivity contribution is 0.0528. The van der Waals surface area contributed by atoms with E-state index in [0.717, 1.165) is 16.5 Å². The lowest BCUT2D eigenvalue weighted by atomic mass is 10.0. The van der Waals surface area contributed by atoms with Crippen LogP contribution in [0, 0.1) is 0 Å². The molecule has 1 aliphatic heterocycles. The minimum absolute atomic E-state index is 0.0947. The van der Waals surface area contributed by atoms with Gasteiger partial charge in [-0.05, 0) is 24.6 Å². The predicted molar refractivity (Wildman–Crippen MR) is 71.1 cm³/mol. The lowest BCUT2D eigenvalue weighted by Crippen LogP contribution is -2.19. The Morgan fingerprint density at radius 3 is 2.95 bits per heavy atom. The van der Waals surface area contributed by atoms with Gasteiger partial charge in [0, 0.05) is 24.0 Å². The van der Waals surface area contributed by atoms with E-state index in [1.165, 1.54) is 6.07 Å². The van der Waals surface area contributed by atoms with Gasteiger partial charge in [0.2, 0.25) is 0 Å². The Hall–Kier alpha value is -2.14. The van der Waals surface area contributed by atoms with Crippen molar-refractivity contribution in [2.75, 3.05) is 6.61 Å². The molecule has 0 amide bonds. The molecule has 2 aromatic rings. The predicted octanol–water partition coefficient (Wildman–Crippen LogP) is 1.19. The average Bonchev–Trinajstić information content (AvgIpc) is 2.73. The van der Waals surface area contributed by atoms with E-state index >= 15 is 0 Å². The Bertz CT molecular complexity index is 733. The molecule has 2 N–H and O–H groups in total. The smallest absolute Gasteiger partial charge is 0.338 e. The highest BCUT2D eigenvalue weighted by Gasteiger charge is 2.25. The number of carbonyl (C=O) groups is 1. The van der Waals surface area contributed by atoms with E-state index in [1.54, 1.807) is 23.6 Å². The maximum absolute atomic E-state index is 11.9. The second kappa shape index (κ2) is 4.20. The second-order valence-corrected chi connectivity index (χ2v) is 4.57. The topological polar surface area (TPSA) is 74.3 Å². The first-order valence-corrected chi connectivity index (χ1v) is 6.22. The van der Waals surface area contributed by atoms with Gasteiger partial charge in [0.25, 0.3) is 5.56 Å². The molecular formula is C14H14N2O3. The summed E-state index contributed by atoms with van der Waals surface area (Å²) in [6, 6.07) is 6.46. The summed E-state index contributed by atoms with van der Waals surface area (Å²) in [5.74, 6) is -0.375. The van der Waals surface area contributed by atoms with Crippen molar-refractivity contribution in [3.05, 3.63) is 45.7 Å². The molecule has 0 bridgehead atoms. The Balaban J connectivity index is 2.33. The number of hydrogen-bond acceptors (Lipinski definition) is 4. The number of aromatic nitrogens is 1. The van der Waals surface area contributed by atoms with Crippen LogP contribution >= 0.6 is 0 Å². The van der Waals surface area contributed by atoms with Crippen molar-refractivity contribution >= 4 is 16.9 Å². The minimum atomic E-state index is -0.375.